The highest BCUT2D eigenvalue weighted by atomic mass is 19.1. The maximum atomic E-state index is 16.2. The molecule has 9 N–H and O–H groups in total. The van der Waals surface area contributed by atoms with E-state index >= 15 is 8.78 Å². The molecular weight excluding hydrogens is 1080 g/mol. The fourth-order valence-electron chi connectivity index (χ4n) is 9.54. The molecule has 1 aromatic heterocycles. The number of rotatable bonds is 26. The molecule has 1 fully saturated rings. The molecule has 0 radical (unpaired) electrons. The molecule has 24 heteroatoms. The van der Waals surface area contributed by atoms with Gasteiger partial charge in [0.1, 0.15) is 60.0 Å². The Bertz CT molecular complexity index is 3100. The molecule has 0 spiro atoms. The van der Waals surface area contributed by atoms with Crippen LogP contribution in [0, 0.1) is 34.7 Å². The van der Waals surface area contributed by atoms with E-state index in [1.807, 2.05) is 0 Å². The predicted octanol–water partition coefficient (Wildman–Crippen LogP) is 7.19. The van der Waals surface area contributed by atoms with Gasteiger partial charge in [-0.15, -0.1) is 0 Å². The predicted molar refractivity (Wildman–Crippen MR) is 300 cm³/mol. The molecule has 2 heterocycles. The molecule has 0 aliphatic carbocycles. The Labute approximate surface area is 478 Å². The first-order chi connectivity index (χ1) is 39.3. The number of carbonyl (C=O) groups excluding carboxylic acids is 7. The van der Waals surface area contributed by atoms with Crippen molar-refractivity contribution in [1.82, 2.24) is 35.3 Å². The Hall–Kier alpha value is -8.54. The largest absolute Gasteiger partial charge is 0.494 e. The van der Waals surface area contributed by atoms with Crippen molar-refractivity contribution >= 4 is 53.4 Å². The van der Waals surface area contributed by atoms with Gasteiger partial charge in [-0.3, -0.25) is 24.0 Å². The number of hydrogen-bond donors (Lipinski definition) is 7. The van der Waals surface area contributed by atoms with E-state index in [-0.39, 0.29) is 87.8 Å². The van der Waals surface area contributed by atoms with Gasteiger partial charge in [-0.05, 0) is 103 Å². The van der Waals surface area contributed by atoms with Crippen molar-refractivity contribution in [3.05, 3.63) is 131 Å². The van der Waals surface area contributed by atoms with Gasteiger partial charge in [0, 0.05) is 73.3 Å². The summed E-state index contributed by atoms with van der Waals surface area (Å²) in [5.74, 6) is -5.31. The third kappa shape index (κ3) is 18.0. The molecule has 5 aromatic rings. The number of imidazole rings is 1. The molecule has 0 bridgehead atoms. The Morgan fingerprint density at radius 3 is 2.27 bits per heavy atom. The zero-order valence-corrected chi connectivity index (χ0v) is 47.1. The van der Waals surface area contributed by atoms with E-state index in [2.05, 4.69) is 21.3 Å². The molecule has 7 amide bonds. The second-order valence-electron chi connectivity index (χ2n) is 21.9. The average molecular weight is 1160 g/mol. The Kier molecular flexibility index (Phi) is 22.2. The first-order valence-corrected chi connectivity index (χ1v) is 27.1. The summed E-state index contributed by atoms with van der Waals surface area (Å²) in [4.78, 5) is 97.7. The Balaban J connectivity index is 1.08. The summed E-state index contributed by atoms with van der Waals surface area (Å²) in [5, 5.41) is 21.4. The number of aliphatic hydroxyl groups is 1. The Morgan fingerprint density at radius 1 is 0.892 bits per heavy atom. The van der Waals surface area contributed by atoms with E-state index in [0.29, 0.717) is 34.4 Å². The van der Waals surface area contributed by atoms with Crippen LogP contribution in [0.5, 0.6) is 5.75 Å². The number of nitrogens with two attached hydrogens (primary N) is 2. The maximum absolute atomic E-state index is 16.2. The average Bonchev–Trinajstić information content (AvgIpc) is 3.39. The third-order valence-corrected chi connectivity index (χ3v) is 13.8. The van der Waals surface area contributed by atoms with Crippen LogP contribution in [0.1, 0.15) is 101 Å². The minimum Gasteiger partial charge on any atom is -0.494 e. The van der Waals surface area contributed by atoms with Crippen molar-refractivity contribution in [2.24, 2.45) is 23.0 Å². The van der Waals surface area contributed by atoms with Gasteiger partial charge in [-0.2, -0.15) is 0 Å². The molecule has 1 aliphatic heterocycles. The lowest BCUT2D eigenvalue weighted by molar-refractivity contribution is -0.146. The number of carbonyl (C=O) groups is 7. The first-order valence-electron chi connectivity index (χ1n) is 27.1. The number of hydrogen-bond acceptors (Lipinski definition) is 12. The molecule has 0 saturated carbocycles. The lowest BCUT2D eigenvalue weighted by Crippen LogP contribution is -2.54. The van der Waals surface area contributed by atoms with Crippen LogP contribution in [-0.2, 0) is 37.1 Å². The number of nitrogens with one attached hydrogen (secondary N) is 4. The number of halogens is 4. The summed E-state index contributed by atoms with van der Waals surface area (Å²) in [6.07, 6.45) is -1.43. The number of anilines is 2. The SMILES string of the molecule is CC(C)[C@H](NC(=O)CCCOc1ccc(C=O)c(N)c1)C(=O)N[C@@H](CCCNC(N)=O)C(=O)Nc1ccc(COC(=O)N2C[C@@H](CN(C(=O)[C@@H](C)O)[C@@H](c3nc(-c4cc(F)ccc4F)cn3Cc3cccc(F)c3)C(C)(C)C)[C@@H](F)C2)cc1. The maximum Gasteiger partial charge on any atom is 0.410 e. The van der Waals surface area contributed by atoms with Crippen LogP contribution in [0.25, 0.3) is 11.3 Å². The van der Waals surface area contributed by atoms with Crippen molar-refractivity contribution in [3.63, 3.8) is 0 Å². The number of urea groups is 1. The standard InChI is InChI=1S/C59H72F4N10O10/c1-34(2)51(70-50(76)13-9-23-82-43-20-16-38(32-74)47(64)26-43)55(78)69-48(12-8-22-66-57(65)80)54(77)67-42-18-14-36(15-19-42)33-83-58(81)72-28-39(46(63)30-72)29-73(56(79)35(3)75)52(59(4,5)6)53-68-49(44-25-41(61)17-21-45(44)62)31-71(53)27-37-10-7-11-40(60)24-37/h7,10-11,14-21,24-26,31-32,34-35,39,46,48,51-52,75H,8-9,12-13,22-23,27-30,33,64H2,1-6H3,(H,67,77)(H,69,78)(H,70,76)(H3,65,66,80)/t35-,39+,46+,48+,51+,52+/m1/s1. The van der Waals surface area contributed by atoms with Crippen LogP contribution >= 0.6 is 0 Å². The van der Waals surface area contributed by atoms with Crippen LogP contribution in [-0.4, -0.2) is 124 Å². The van der Waals surface area contributed by atoms with Gasteiger partial charge >= 0.3 is 12.1 Å². The van der Waals surface area contributed by atoms with Crippen molar-refractivity contribution in [3.8, 4) is 17.0 Å². The molecule has 4 aromatic carbocycles. The molecule has 6 rings (SSSR count). The number of amides is 7. The first kappa shape index (κ1) is 63.6. The lowest BCUT2D eigenvalue weighted by atomic mass is 9.84. The molecule has 446 valence electrons. The number of alkyl halides is 1. The number of ether oxygens (including phenoxy) is 2. The van der Waals surface area contributed by atoms with Crippen molar-refractivity contribution in [1.29, 1.82) is 0 Å². The van der Waals surface area contributed by atoms with Gasteiger partial charge in [0.25, 0.3) is 5.91 Å². The molecule has 83 heavy (non-hydrogen) atoms. The third-order valence-electron chi connectivity index (χ3n) is 13.8. The zero-order valence-electron chi connectivity index (χ0n) is 47.1. The van der Waals surface area contributed by atoms with Gasteiger partial charge in [-0.25, -0.2) is 32.1 Å². The van der Waals surface area contributed by atoms with Gasteiger partial charge in [-0.1, -0.05) is 58.9 Å². The summed E-state index contributed by atoms with van der Waals surface area (Å²) in [7, 11) is 0. The molecule has 20 nitrogen and oxygen atoms in total. The Morgan fingerprint density at radius 2 is 1.61 bits per heavy atom. The second kappa shape index (κ2) is 28.9. The number of aldehydes is 1. The van der Waals surface area contributed by atoms with E-state index in [1.54, 1.807) is 63.5 Å². The fourth-order valence-corrected chi connectivity index (χ4v) is 9.54. The van der Waals surface area contributed by atoms with Crippen LogP contribution in [0.4, 0.5) is 38.5 Å². The van der Waals surface area contributed by atoms with Crippen molar-refractivity contribution in [2.75, 3.05) is 43.8 Å². The number of likely N-dealkylation sites (tertiary alicyclic amines) is 1. The molecule has 1 saturated heterocycles. The van der Waals surface area contributed by atoms with Crippen LogP contribution in [0.2, 0.25) is 0 Å². The summed E-state index contributed by atoms with van der Waals surface area (Å²) in [6, 6.07) is 15.4. The number of aliphatic hydroxyl groups excluding tert-OH is 1. The van der Waals surface area contributed by atoms with Crippen molar-refractivity contribution < 1.29 is 65.7 Å². The number of nitrogens with zero attached hydrogens (tertiary/aromatic N) is 4. The second-order valence-corrected chi connectivity index (χ2v) is 21.9. The number of aromatic nitrogens is 2. The highest BCUT2D eigenvalue weighted by Crippen LogP contribution is 2.41. The smallest absolute Gasteiger partial charge is 0.410 e. The lowest BCUT2D eigenvalue weighted by Gasteiger charge is -2.41. The monoisotopic (exact) mass is 1160 g/mol. The normalized spacial score (nSPS) is 15.6. The molecule has 6 atom stereocenters. The van der Waals surface area contributed by atoms with Gasteiger partial charge in [0.2, 0.25) is 17.7 Å². The van der Waals surface area contributed by atoms with E-state index in [0.717, 1.165) is 23.1 Å². The summed E-state index contributed by atoms with van der Waals surface area (Å²) >= 11 is 0. The topological polar surface area (TPSA) is 283 Å². The van der Waals surface area contributed by atoms with Gasteiger partial charge < -0.3 is 61.7 Å². The number of primary amides is 1. The zero-order chi connectivity index (χ0) is 60.7. The highest BCUT2D eigenvalue weighted by molar-refractivity contribution is 5.98. The molecule has 1 aliphatic rings. The fraction of sp³-hybridized carbons (Fsp3) is 0.424. The van der Waals surface area contributed by atoms with Crippen molar-refractivity contribution in [2.45, 2.75) is 111 Å². The van der Waals surface area contributed by atoms with Gasteiger partial charge in [0.15, 0.2) is 6.29 Å². The van der Waals surface area contributed by atoms with E-state index in [4.69, 9.17) is 25.9 Å². The number of benzene rings is 4. The van der Waals surface area contributed by atoms with E-state index in [9.17, 15) is 47.4 Å². The summed E-state index contributed by atoms with van der Waals surface area (Å²) in [6.45, 7) is 9.13. The summed E-state index contributed by atoms with van der Waals surface area (Å²) in [5.41, 5.74) is 11.8. The minimum absolute atomic E-state index is 0.00631. The highest BCUT2D eigenvalue weighted by Gasteiger charge is 2.44. The van der Waals surface area contributed by atoms with Crippen LogP contribution in [0.3, 0.4) is 0 Å². The number of nitrogen functional groups attached to an aromatic ring is 1. The summed E-state index contributed by atoms with van der Waals surface area (Å²) < 4.78 is 73.3. The molecule has 0 unspecified atom stereocenters. The molecular formula is C59H72F4N10O10. The minimum atomic E-state index is -1.67. The van der Waals surface area contributed by atoms with Crippen LogP contribution in [0.15, 0.2) is 91.1 Å². The van der Waals surface area contributed by atoms with Crippen LogP contribution < -0.4 is 37.5 Å². The van der Waals surface area contributed by atoms with Gasteiger partial charge in [0.05, 0.1) is 24.9 Å². The quantitative estimate of drug-likeness (QED) is 0.0125. The van der Waals surface area contributed by atoms with E-state index < -0.39 is 107 Å². The van der Waals surface area contributed by atoms with E-state index in [1.165, 1.54) is 60.5 Å².